The number of aliphatic hydroxyl groups excluding tert-OH is 1. The number of nitrogens with one attached hydrogen (secondary N) is 1. The maximum absolute atomic E-state index is 13.7. The zero-order valence-corrected chi connectivity index (χ0v) is 22.9. The first-order valence-electron chi connectivity index (χ1n) is 13.0. The lowest BCUT2D eigenvalue weighted by Crippen LogP contribution is -2.43. The van der Waals surface area contributed by atoms with Crippen LogP contribution in [0.15, 0.2) is 18.6 Å². The maximum atomic E-state index is 13.7. The molecule has 1 atom stereocenters. The smallest absolute Gasteiger partial charge is 0.392 e. The fourth-order valence-corrected chi connectivity index (χ4v) is 6.44. The summed E-state index contributed by atoms with van der Waals surface area (Å²) in [6.07, 6.45) is 0.495. The lowest BCUT2D eigenvalue weighted by Gasteiger charge is -2.31. The van der Waals surface area contributed by atoms with Gasteiger partial charge in [-0.05, 0) is 46.1 Å². The molecule has 4 heterocycles. The number of hydrogen-bond donors (Lipinski definition) is 3. The Labute approximate surface area is 226 Å². The van der Waals surface area contributed by atoms with E-state index >= 15 is 0 Å². The molecule has 2 fully saturated rings. The highest BCUT2D eigenvalue weighted by Crippen LogP contribution is 2.36. The number of aromatic nitrogens is 4. The predicted molar refractivity (Wildman–Crippen MR) is 138 cm³/mol. The van der Waals surface area contributed by atoms with Gasteiger partial charge >= 0.3 is 6.18 Å². The first-order valence-corrected chi connectivity index (χ1v) is 14.6. The molecule has 4 rings (SSSR count). The van der Waals surface area contributed by atoms with Crippen LogP contribution in [0.25, 0.3) is 11.3 Å². The first-order chi connectivity index (χ1) is 18.2. The van der Waals surface area contributed by atoms with Crippen LogP contribution in [0.2, 0.25) is 0 Å². The number of aliphatic hydroxyl groups is 2. The van der Waals surface area contributed by atoms with Crippen LogP contribution in [0.4, 0.5) is 19.1 Å². The molecule has 0 saturated carbocycles. The number of sulfonamides is 1. The van der Waals surface area contributed by atoms with Gasteiger partial charge in [0.25, 0.3) is 0 Å². The number of nitrogens with zero attached hydrogens (tertiary/aromatic N) is 6. The summed E-state index contributed by atoms with van der Waals surface area (Å²) < 4.78 is 69.5. The van der Waals surface area contributed by atoms with Crippen molar-refractivity contribution in [3.8, 4) is 11.3 Å². The second kappa shape index (κ2) is 11.6. The van der Waals surface area contributed by atoms with E-state index in [1.807, 2.05) is 0 Å². The van der Waals surface area contributed by atoms with Crippen molar-refractivity contribution >= 4 is 16.0 Å². The monoisotopic (exact) mass is 575 g/mol. The highest BCUT2D eigenvalue weighted by atomic mass is 32.2. The molecule has 39 heavy (non-hydrogen) atoms. The average molecular weight is 576 g/mol. The Bertz CT molecular complexity index is 1230. The van der Waals surface area contributed by atoms with E-state index in [4.69, 9.17) is 0 Å². The zero-order valence-electron chi connectivity index (χ0n) is 22.1. The van der Waals surface area contributed by atoms with Gasteiger partial charge < -0.3 is 20.4 Å². The molecule has 2 aromatic rings. The Hall–Kier alpha value is -2.33. The van der Waals surface area contributed by atoms with E-state index in [9.17, 15) is 31.8 Å². The van der Waals surface area contributed by atoms with Gasteiger partial charge in [0.05, 0.1) is 35.9 Å². The van der Waals surface area contributed by atoms with Crippen molar-refractivity contribution in [1.82, 2.24) is 29.0 Å². The van der Waals surface area contributed by atoms with E-state index in [-0.39, 0.29) is 41.6 Å². The summed E-state index contributed by atoms with van der Waals surface area (Å²) in [5.74, 6) is 0.0480. The molecule has 2 aliphatic heterocycles. The molecule has 2 saturated heterocycles. The van der Waals surface area contributed by atoms with Crippen molar-refractivity contribution in [3.63, 3.8) is 0 Å². The van der Waals surface area contributed by atoms with Gasteiger partial charge in [-0.3, -0.25) is 4.68 Å². The molecule has 3 N–H and O–H groups in total. The van der Waals surface area contributed by atoms with Crippen LogP contribution < -0.4 is 5.32 Å². The average Bonchev–Trinajstić information content (AvgIpc) is 3.46. The molecule has 2 aromatic heterocycles. The largest absolute Gasteiger partial charge is 0.419 e. The van der Waals surface area contributed by atoms with Crippen LogP contribution in [-0.4, -0.2) is 104 Å². The quantitative estimate of drug-likeness (QED) is 0.387. The van der Waals surface area contributed by atoms with Crippen molar-refractivity contribution in [3.05, 3.63) is 24.2 Å². The Morgan fingerprint density at radius 3 is 2.46 bits per heavy atom. The summed E-state index contributed by atoms with van der Waals surface area (Å²) in [7, 11) is -3.43. The van der Waals surface area contributed by atoms with Crippen molar-refractivity contribution in [2.75, 3.05) is 43.8 Å². The van der Waals surface area contributed by atoms with Crippen LogP contribution in [-0.2, 0) is 22.7 Å². The molecule has 0 unspecified atom stereocenters. The third-order valence-electron chi connectivity index (χ3n) is 6.85. The summed E-state index contributed by atoms with van der Waals surface area (Å²) in [5.41, 5.74) is -2.29. The lowest BCUT2D eigenvalue weighted by molar-refractivity contribution is -0.137. The predicted octanol–water partition coefficient (Wildman–Crippen LogP) is 1.79. The molecule has 0 amide bonds. The van der Waals surface area contributed by atoms with Crippen molar-refractivity contribution in [1.29, 1.82) is 0 Å². The fourth-order valence-electron chi connectivity index (χ4n) is 4.92. The minimum atomic E-state index is -4.68. The normalized spacial score (nSPS) is 20.5. The fraction of sp³-hybridized carbons (Fsp3) is 0.708. The van der Waals surface area contributed by atoms with E-state index in [0.29, 0.717) is 51.9 Å². The van der Waals surface area contributed by atoms with Gasteiger partial charge in [-0.2, -0.15) is 18.3 Å². The molecule has 15 heteroatoms. The van der Waals surface area contributed by atoms with Gasteiger partial charge in [-0.25, -0.2) is 22.7 Å². The van der Waals surface area contributed by atoms with E-state index in [1.165, 1.54) is 21.4 Å². The summed E-state index contributed by atoms with van der Waals surface area (Å²) in [6.45, 7) is 5.79. The molecular formula is C24H36F3N7O4S. The summed E-state index contributed by atoms with van der Waals surface area (Å²) in [4.78, 5) is 10.1. The first kappa shape index (κ1) is 29.6. The van der Waals surface area contributed by atoms with Gasteiger partial charge in [0, 0.05) is 50.2 Å². The zero-order chi connectivity index (χ0) is 28.4. The second-order valence-corrected chi connectivity index (χ2v) is 13.0. The highest BCUT2D eigenvalue weighted by Gasteiger charge is 2.36. The molecular weight excluding hydrogens is 539 g/mol. The van der Waals surface area contributed by atoms with Gasteiger partial charge in [0.1, 0.15) is 5.56 Å². The Morgan fingerprint density at radius 1 is 1.13 bits per heavy atom. The maximum Gasteiger partial charge on any atom is 0.419 e. The molecule has 0 aromatic carbocycles. The van der Waals surface area contributed by atoms with E-state index < -0.39 is 27.4 Å². The van der Waals surface area contributed by atoms with E-state index in [0.717, 1.165) is 12.7 Å². The molecule has 0 radical (unpaired) electrons. The summed E-state index contributed by atoms with van der Waals surface area (Å²) in [6, 6.07) is -0.204. The topological polar surface area (TPSA) is 137 Å². The Balaban J connectivity index is 1.37. The molecule has 0 spiro atoms. The molecule has 218 valence electrons. The third kappa shape index (κ3) is 8.10. The van der Waals surface area contributed by atoms with Crippen LogP contribution in [0.3, 0.4) is 0 Å². The van der Waals surface area contributed by atoms with Crippen LogP contribution >= 0.6 is 0 Å². The summed E-state index contributed by atoms with van der Waals surface area (Å²) in [5, 5.41) is 26.7. The van der Waals surface area contributed by atoms with Crippen LogP contribution in [0, 0.1) is 0 Å². The minimum absolute atomic E-state index is 0.0161. The number of anilines is 1. The number of alkyl halides is 3. The molecule has 2 aliphatic rings. The number of likely N-dealkylation sites (tertiary alicyclic amines) is 1. The lowest BCUT2D eigenvalue weighted by atomic mass is 10.1. The standard InChI is InChI=1S/C24H36F3N7O4S/c1-23(2,36)16-33-14-17(12-29-33)21-20(24(25,26)27)13-28-22(31-21)30-18-4-9-34(10-5-18)39(37,38)11-3-7-32-8-6-19(35)15-32/h12-14,18-19,35-36H,3-11,15-16H2,1-2H3,(H,28,30,31)/t19-/m1/s1. The number of halogens is 3. The number of β-amino-alcohol motifs (C(OH)–C–C–N with tert-alkyl or cyclic N) is 1. The van der Waals surface area contributed by atoms with Gasteiger partial charge in [-0.15, -0.1) is 0 Å². The van der Waals surface area contributed by atoms with Gasteiger partial charge in [0.15, 0.2) is 0 Å². The van der Waals surface area contributed by atoms with Gasteiger partial charge in [-0.1, -0.05) is 0 Å². The van der Waals surface area contributed by atoms with Crippen molar-refractivity contribution in [2.45, 2.75) is 70.0 Å². The van der Waals surface area contributed by atoms with E-state index in [2.05, 4.69) is 25.3 Å². The highest BCUT2D eigenvalue weighted by molar-refractivity contribution is 7.89. The van der Waals surface area contributed by atoms with Crippen molar-refractivity contribution in [2.24, 2.45) is 0 Å². The second-order valence-electron chi connectivity index (χ2n) is 10.9. The Kier molecular flexibility index (Phi) is 8.86. The third-order valence-corrected chi connectivity index (χ3v) is 8.81. The van der Waals surface area contributed by atoms with Crippen LogP contribution in [0.5, 0.6) is 0 Å². The van der Waals surface area contributed by atoms with Gasteiger partial charge in [0.2, 0.25) is 16.0 Å². The molecule has 11 nitrogen and oxygen atoms in total. The van der Waals surface area contributed by atoms with E-state index in [1.54, 1.807) is 13.8 Å². The Morgan fingerprint density at radius 2 is 1.85 bits per heavy atom. The van der Waals surface area contributed by atoms with Crippen LogP contribution in [0.1, 0.15) is 45.1 Å². The molecule has 0 aliphatic carbocycles. The number of hydrogen-bond acceptors (Lipinski definition) is 9. The van der Waals surface area contributed by atoms with Crippen molar-refractivity contribution < 1.29 is 31.8 Å². The summed E-state index contributed by atoms with van der Waals surface area (Å²) >= 11 is 0. The molecule has 0 bridgehead atoms. The number of rotatable bonds is 10. The SMILES string of the molecule is CC(C)(O)Cn1cc(-c2nc(NC3CCN(S(=O)(=O)CCCN4CC[C@@H](O)C4)CC3)ncc2C(F)(F)F)cn1. The minimum Gasteiger partial charge on any atom is -0.392 e. The number of piperidine rings is 1.